The minimum absolute atomic E-state index is 0.0916. The van der Waals surface area contributed by atoms with Gasteiger partial charge in [-0.25, -0.2) is 0 Å². The fourth-order valence-electron chi connectivity index (χ4n) is 1.67. The highest BCUT2D eigenvalue weighted by atomic mass is 127. The van der Waals surface area contributed by atoms with Crippen LogP contribution < -0.4 is 11.3 Å². The molecule has 1 aromatic carbocycles. The van der Waals surface area contributed by atoms with Crippen LogP contribution in [0.15, 0.2) is 18.2 Å². The minimum atomic E-state index is -0.137. The van der Waals surface area contributed by atoms with E-state index in [4.69, 9.17) is 22.2 Å². The maximum Gasteiger partial charge on any atom is 0.0623 e. The Balaban J connectivity index is 2.74. The SMILES string of the molecule is COC(C)(C)CCC(NN)c1ccc(I)c(Cl)c1. The Hall–Kier alpha value is 0.120. The molecule has 0 aliphatic carbocycles. The normalized spacial score (nSPS) is 13.7. The second-order valence-corrected chi connectivity index (χ2v) is 6.46. The zero-order valence-corrected chi connectivity index (χ0v) is 13.9. The van der Waals surface area contributed by atoms with Crippen molar-refractivity contribution in [3.05, 3.63) is 32.4 Å². The number of rotatable bonds is 6. The summed E-state index contributed by atoms with van der Waals surface area (Å²) in [5, 5.41) is 0.763. The quantitative estimate of drug-likeness (QED) is 0.448. The summed E-state index contributed by atoms with van der Waals surface area (Å²) in [6, 6.07) is 6.12. The molecule has 0 aliphatic heterocycles. The van der Waals surface area contributed by atoms with Crippen molar-refractivity contribution >= 4 is 34.2 Å². The number of nitrogens with two attached hydrogens (primary N) is 1. The van der Waals surface area contributed by atoms with Crippen LogP contribution in [0.3, 0.4) is 0 Å². The van der Waals surface area contributed by atoms with E-state index >= 15 is 0 Å². The molecule has 0 radical (unpaired) electrons. The number of hydrazine groups is 1. The van der Waals surface area contributed by atoms with Gasteiger partial charge in [0, 0.05) is 16.7 Å². The molecular weight excluding hydrogens is 363 g/mol. The van der Waals surface area contributed by atoms with E-state index in [0.717, 1.165) is 27.0 Å². The fourth-order valence-corrected chi connectivity index (χ4v) is 2.19. The number of ether oxygens (including phenoxy) is 1. The van der Waals surface area contributed by atoms with Gasteiger partial charge in [-0.05, 0) is 67.0 Å². The van der Waals surface area contributed by atoms with Crippen molar-refractivity contribution in [1.29, 1.82) is 0 Å². The van der Waals surface area contributed by atoms with E-state index in [1.807, 2.05) is 12.1 Å². The second-order valence-electron chi connectivity index (χ2n) is 4.90. The smallest absolute Gasteiger partial charge is 0.0623 e. The predicted octanol–water partition coefficient (Wildman–Crippen LogP) is 3.65. The summed E-state index contributed by atoms with van der Waals surface area (Å²) in [4.78, 5) is 0. The summed E-state index contributed by atoms with van der Waals surface area (Å²) in [6.07, 6.45) is 1.82. The summed E-state index contributed by atoms with van der Waals surface area (Å²) in [5.41, 5.74) is 3.81. The van der Waals surface area contributed by atoms with Crippen LogP contribution in [0.1, 0.15) is 38.3 Å². The lowest BCUT2D eigenvalue weighted by Gasteiger charge is -2.26. The molecule has 0 aromatic heterocycles. The molecule has 1 rings (SSSR count). The van der Waals surface area contributed by atoms with Gasteiger partial charge in [-0.1, -0.05) is 17.7 Å². The predicted molar refractivity (Wildman–Crippen MR) is 84.6 cm³/mol. The Labute approximate surface area is 128 Å². The maximum absolute atomic E-state index is 6.13. The van der Waals surface area contributed by atoms with Crippen molar-refractivity contribution in [2.24, 2.45) is 5.84 Å². The third-order valence-electron chi connectivity index (χ3n) is 3.13. The fraction of sp³-hybridized carbons (Fsp3) is 0.538. The van der Waals surface area contributed by atoms with E-state index < -0.39 is 0 Å². The van der Waals surface area contributed by atoms with Gasteiger partial charge in [-0.2, -0.15) is 0 Å². The molecule has 1 aromatic rings. The molecule has 0 aliphatic rings. The molecule has 1 unspecified atom stereocenters. The Morgan fingerprint density at radius 3 is 2.67 bits per heavy atom. The van der Waals surface area contributed by atoms with Crippen LogP contribution in [0.4, 0.5) is 0 Å². The standard InChI is InChI=1S/C13H20ClIN2O/c1-13(2,18-3)7-6-12(17-16)9-4-5-11(15)10(14)8-9/h4-5,8,12,17H,6-7,16H2,1-3H3. The number of hydrogen-bond acceptors (Lipinski definition) is 3. The third-order valence-corrected chi connectivity index (χ3v) is 4.71. The van der Waals surface area contributed by atoms with Crippen LogP contribution in [0.25, 0.3) is 0 Å². The Kier molecular flexibility index (Phi) is 6.34. The van der Waals surface area contributed by atoms with Crippen molar-refractivity contribution < 1.29 is 4.74 Å². The van der Waals surface area contributed by atoms with Gasteiger partial charge >= 0.3 is 0 Å². The van der Waals surface area contributed by atoms with Crippen LogP contribution in [-0.2, 0) is 4.74 Å². The van der Waals surface area contributed by atoms with Crippen molar-refractivity contribution in [2.45, 2.75) is 38.3 Å². The lowest BCUT2D eigenvalue weighted by molar-refractivity contribution is 0.0117. The summed E-state index contributed by atoms with van der Waals surface area (Å²) < 4.78 is 6.46. The van der Waals surface area contributed by atoms with Gasteiger partial charge in [0.15, 0.2) is 0 Å². The lowest BCUT2D eigenvalue weighted by atomic mass is 9.95. The number of benzene rings is 1. The zero-order chi connectivity index (χ0) is 13.8. The van der Waals surface area contributed by atoms with Crippen LogP contribution in [0.2, 0.25) is 5.02 Å². The minimum Gasteiger partial charge on any atom is -0.379 e. The van der Waals surface area contributed by atoms with Crippen molar-refractivity contribution in [3.63, 3.8) is 0 Å². The van der Waals surface area contributed by atoms with Crippen molar-refractivity contribution in [2.75, 3.05) is 7.11 Å². The van der Waals surface area contributed by atoms with Gasteiger partial charge in [0.2, 0.25) is 0 Å². The monoisotopic (exact) mass is 382 g/mol. The molecule has 102 valence electrons. The largest absolute Gasteiger partial charge is 0.379 e. The average Bonchev–Trinajstić information content (AvgIpc) is 2.34. The lowest BCUT2D eigenvalue weighted by Crippen LogP contribution is -2.31. The number of hydrogen-bond donors (Lipinski definition) is 2. The summed E-state index contributed by atoms with van der Waals surface area (Å²) in [5.74, 6) is 5.63. The zero-order valence-electron chi connectivity index (χ0n) is 11.0. The maximum atomic E-state index is 6.13. The van der Waals surface area contributed by atoms with E-state index in [1.165, 1.54) is 0 Å². The first-order valence-electron chi connectivity index (χ1n) is 5.86. The van der Waals surface area contributed by atoms with Gasteiger partial charge in [0.1, 0.15) is 0 Å². The first-order valence-corrected chi connectivity index (χ1v) is 7.31. The molecule has 3 nitrogen and oxygen atoms in total. The van der Waals surface area contributed by atoms with Crippen LogP contribution in [0, 0.1) is 3.57 Å². The van der Waals surface area contributed by atoms with Gasteiger partial charge in [-0.3, -0.25) is 11.3 Å². The molecule has 18 heavy (non-hydrogen) atoms. The highest BCUT2D eigenvalue weighted by Crippen LogP contribution is 2.27. The van der Waals surface area contributed by atoms with Gasteiger partial charge in [0.25, 0.3) is 0 Å². The third kappa shape index (κ3) is 4.66. The molecule has 5 heteroatoms. The molecule has 3 N–H and O–H groups in total. The highest BCUT2D eigenvalue weighted by Gasteiger charge is 2.20. The summed E-state index contributed by atoms with van der Waals surface area (Å²) >= 11 is 8.34. The van der Waals surface area contributed by atoms with Crippen LogP contribution in [-0.4, -0.2) is 12.7 Å². The second kappa shape index (κ2) is 7.05. The first-order chi connectivity index (χ1) is 8.39. The molecule has 0 bridgehead atoms. The van der Waals surface area contributed by atoms with E-state index in [2.05, 4.69) is 47.9 Å². The van der Waals surface area contributed by atoms with E-state index in [0.29, 0.717) is 0 Å². The molecule has 1 atom stereocenters. The van der Waals surface area contributed by atoms with E-state index in [9.17, 15) is 0 Å². The molecular formula is C13H20ClIN2O. The number of methoxy groups -OCH3 is 1. The van der Waals surface area contributed by atoms with Crippen LogP contribution >= 0.6 is 34.2 Å². The van der Waals surface area contributed by atoms with E-state index in [-0.39, 0.29) is 11.6 Å². The van der Waals surface area contributed by atoms with Gasteiger partial charge in [0.05, 0.1) is 10.6 Å². The topological polar surface area (TPSA) is 47.3 Å². The van der Waals surface area contributed by atoms with Gasteiger partial charge < -0.3 is 4.74 Å². The average molecular weight is 383 g/mol. The van der Waals surface area contributed by atoms with Crippen LogP contribution in [0.5, 0.6) is 0 Å². The number of halogens is 2. The summed E-state index contributed by atoms with van der Waals surface area (Å²) in [7, 11) is 1.73. The molecule has 0 amide bonds. The molecule has 0 saturated carbocycles. The Bertz CT molecular complexity index is 399. The van der Waals surface area contributed by atoms with Gasteiger partial charge in [-0.15, -0.1) is 0 Å². The number of nitrogens with one attached hydrogen (secondary N) is 1. The van der Waals surface area contributed by atoms with Crippen molar-refractivity contribution in [1.82, 2.24) is 5.43 Å². The van der Waals surface area contributed by atoms with E-state index in [1.54, 1.807) is 7.11 Å². The highest BCUT2D eigenvalue weighted by molar-refractivity contribution is 14.1. The van der Waals surface area contributed by atoms with Crippen molar-refractivity contribution in [3.8, 4) is 0 Å². The molecule has 0 saturated heterocycles. The first kappa shape index (κ1) is 16.2. The summed E-state index contributed by atoms with van der Waals surface area (Å²) in [6.45, 7) is 4.14. The molecule has 0 heterocycles. The molecule has 0 spiro atoms. The molecule has 0 fully saturated rings. The Morgan fingerprint density at radius 1 is 1.50 bits per heavy atom. The Morgan fingerprint density at radius 2 is 2.17 bits per heavy atom.